The molecule has 0 unspecified atom stereocenters. The van der Waals surface area contributed by atoms with E-state index in [2.05, 4.69) is 15.5 Å². The summed E-state index contributed by atoms with van der Waals surface area (Å²) in [6.45, 7) is 1.65. The summed E-state index contributed by atoms with van der Waals surface area (Å²) in [6.07, 6.45) is -3.19. The van der Waals surface area contributed by atoms with Crippen LogP contribution in [0.25, 0.3) is 0 Å². The third-order valence-corrected chi connectivity index (χ3v) is 3.09. The Balaban J connectivity index is 2.36. The van der Waals surface area contributed by atoms with Crippen molar-refractivity contribution in [2.75, 3.05) is 5.32 Å². The van der Waals surface area contributed by atoms with Crippen LogP contribution in [0.4, 0.5) is 18.9 Å². The van der Waals surface area contributed by atoms with Crippen molar-refractivity contribution in [2.45, 2.75) is 13.1 Å². The van der Waals surface area contributed by atoms with Crippen LogP contribution in [0.3, 0.4) is 0 Å². The molecule has 1 amide bonds. The Bertz CT molecular complexity index is 704. The van der Waals surface area contributed by atoms with Gasteiger partial charge < -0.3 is 5.32 Å². The predicted molar refractivity (Wildman–Crippen MR) is 69.1 cm³/mol. The van der Waals surface area contributed by atoms with E-state index in [0.29, 0.717) is 11.4 Å². The van der Waals surface area contributed by atoms with Crippen LogP contribution in [0.1, 0.15) is 21.9 Å². The molecule has 0 aliphatic rings. The van der Waals surface area contributed by atoms with E-state index in [9.17, 15) is 18.0 Å². The van der Waals surface area contributed by atoms with Gasteiger partial charge in [0.1, 0.15) is 10.7 Å². The van der Waals surface area contributed by atoms with Crippen molar-refractivity contribution < 1.29 is 18.0 Å². The molecule has 0 atom stereocenters. The normalized spacial score (nSPS) is 11.8. The first-order chi connectivity index (χ1) is 9.61. The molecule has 0 aliphatic carbocycles. The molecule has 2 aromatic heterocycles. The van der Waals surface area contributed by atoms with Crippen LogP contribution in [-0.4, -0.2) is 25.5 Å². The molecule has 21 heavy (non-hydrogen) atoms. The Hall–Kier alpha value is -2.03. The molecule has 2 heterocycles. The van der Waals surface area contributed by atoms with Gasteiger partial charge >= 0.3 is 6.18 Å². The molecule has 0 fully saturated rings. The first-order valence-electron chi connectivity index (χ1n) is 5.72. The number of aryl methyl sites for hydroxylation is 3. The first kappa shape index (κ1) is 15.4. The van der Waals surface area contributed by atoms with Gasteiger partial charge in [0.2, 0.25) is 0 Å². The standard InChI is InChI=1S/C11H11ClF3N5O/c1-5-6(4-19(2)17-5)16-10(21)8-7(12)9(11(13,14)15)18-20(8)3/h4H,1-3H3,(H,16,21). The number of anilines is 1. The summed E-state index contributed by atoms with van der Waals surface area (Å²) >= 11 is 5.64. The molecule has 0 spiro atoms. The van der Waals surface area contributed by atoms with Crippen molar-refractivity contribution in [1.29, 1.82) is 0 Å². The molecule has 114 valence electrons. The molecule has 0 saturated carbocycles. The highest BCUT2D eigenvalue weighted by Crippen LogP contribution is 2.35. The van der Waals surface area contributed by atoms with Gasteiger partial charge in [-0.2, -0.15) is 23.4 Å². The number of carbonyl (C=O) groups is 1. The van der Waals surface area contributed by atoms with Crippen LogP contribution in [-0.2, 0) is 20.3 Å². The lowest BCUT2D eigenvalue weighted by Crippen LogP contribution is -2.16. The maximum absolute atomic E-state index is 12.7. The number of nitrogens with one attached hydrogen (secondary N) is 1. The van der Waals surface area contributed by atoms with Crippen LogP contribution in [0.5, 0.6) is 0 Å². The maximum Gasteiger partial charge on any atom is 0.436 e. The summed E-state index contributed by atoms with van der Waals surface area (Å²) in [5.41, 5.74) is -0.750. The highest BCUT2D eigenvalue weighted by Gasteiger charge is 2.39. The van der Waals surface area contributed by atoms with Crippen molar-refractivity contribution in [2.24, 2.45) is 14.1 Å². The lowest BCUT2D eigenvalue weighted by Gasteiger charge is -2.04. The van der Waals surface area contributed by atoms with Gasteiger partial charge in [0.05, 0.1) is 11.4 Å². The molecule has 6 nitrogen and oxygen atoms in total. The number of alkyl halides is 3. The van der Waals surface area contributed by atoms with E-state index < -0.39 is 22.8 Å². The van der Waals surface area contributed by atoms with E-state index >= 15 is 0 Å². The molecule has 0 bridgehead atoms. The average Bonchev–Trinajstić information content (AvgIpc) is 2.78. The Morgan fingerprint density at radius 2 is 1.95 bits per heavy atom. The number of amides is 1. The molecule has 10 heteroatoms. The van der Waals surface area contributed by atoms with Gasteiger partial charge in [-0.25, -0.2) is 0 Å². The fraction of sp³-hybridized carbons (Fsp3) is 0.364. The zero-order valence-corrected chi connectivity index (χ0v) is 12.0. The fourth-order valence-corrected chi connectivity index (χ4v) is 2.18. The Morgan fingerprint density at radius 1 is 1.33 bits per heavy atom. The van der Waals surface area contributed by atoms with Gasteiger partial charge in [-0.05, 0) is 6.92 Å². The van der Waals surface area contributed by atoms with Crippen molar-refractivity contribution in [3.63, 3.8) is 0 Å². The molecule has 2 rings (SSSR count). The highest BCUT2D eigenvalue weighted by atomic mass is 35.5. The zero-order chi connectivity index (χ0) is 15.9. The number of carbonyl (C=O) groups excluding carboxylic acids is 1. The van der Waals surface area contributed by atoms with Gasteiger partial charge in [0.25, 0.3) is 5.91 Å². The third-order valence-electron chi connectivity index (χ3n) is 2.73. The smallest absolute Gasteiger partial charge is 0.318 e. The SMILES string of the molecule is Cc1nn(C)cc1NC(=O)c1c(Cl)c(C(F)(F)F)nn1C. The second-order valence-corrected chi connectivity index (χ2v) is 4.77. The van der Waals surface area contributed by atoms with E-state index in [1.165, 1.54) is 17.9 Å². The van der Waals surface area contributed by atoms with E-state index in [0.717, 1.165) is 4.68 Å². The summed E-state index contributed by atoms with van der Waals surface area (Å²) in [5, 5.41) is 8.99. The Labute approximate surface area is 122 Å². The Kier molecular flexibility index (Phi) is 3.70. The molecular formula is C11H11ClF3N5O. The maximum atomic E-state index is 12.7. The van der Waals surface area contributed by atoms with Crippen LogP contribution in [0.15, 0.2) is 6.20 Å². The minimum absolute atomic E-state index is 0.368. The summed E-state index contributed by atoms with van der Waals surface area (Å²) in [4.78, 5) is 12.1. The largest absolute Gasteiger partial charge is 0.436 e. The topological polar surface area (TPSA) is 64.7 Å². The fourth-order valence-electron chi connectivity index (χ4n) is 1.83. The molecule has 0 aliphatic heterocycles. The summed E-state index contributed by atoms with van der Waals surface area (Å²) in [7, 11) is 2.87. The first-order valence-corrected chi connectivity index (χ1v) is 6.10. The van der Waals surface area contributed by atoms with Crippen molar-refractivity contribution in [3.05, 3.63) is 28.3 Å². The molecule has 1 N–H and O–H groups in total. The quantitative estimate of drug-likeness (QED) is 0.923. The number of hydrogen-bond acceptors (Lipinski definition) is 3. The molecule has 0 saturated heterocycles. The van der Waals surface area contributed by atoms with Gasteiger partial charge in [-0.1, -0.05) is 11.6 Å². The summed E-state index contributed by atoms with van der Waals surface area (Å²) < 4.78 is 40.4. The van der Waals surface area contributed by atoms with Crippen molar-refractivity contribution in [3.8, 4) is 0 Å². The van der Waals surface area contributed by atoms with Crippen molar-refractivity contribution in [1.82, 2.24) is 19.6 Å². The second-order valence-electron chi connectivity index (χ2n) is 4.39. The number of halogens is 4. The lowest BCUT2D eigenvalue weighted by atomic mass is 10.3. The van der Waals surface area contributed by atoms with Gasteiger partial charge in [0.15, 0.2) is 5.69 Å². The number of nitrogens with zero attached hydrogens (tertiary/aromatic N) is 4. The van der Waals surface area contributed by atoms with Crippen LogP contribution in [0, 0.1) is 6.92 Å². The third kappa shape index (κ3) is 2.87. The average molecular weight is 322 g/mol. The minimum Gasteiger partial charge on any atom is -0.318 e. The zero-order valence-electron chi connectivity index (χ0n) is 11.3. The Morgan fingerprint density at radius 3 is 2.38 bits per heavy atom. The van der Waals surface area contributed by atoms with Gasteiger partial charge in [-0.3, -0.25) is 14.2 Å². The minimum atomic E-state index is -4.72. The summed E-state index contributed by atoms with van der Waals surface area (Å²) in [5.74, 6) is -0.790. The van der Waals surface area contributed by atoms with E-state index in [1.807, 2.05) is 0 Å². The van der Waals surface area contributed by atoms with E-state index in [-0.39, 0.29) is 5.69 Å². The lowest BCUT2D eigenvalue weighted by molar-refractivity contribution is -0.141. The number of hydrogen-bond donors (Lipinski definition) is 1. The predicted octanol–water partition coefficient (Wildman–Crippen LogP) is 2.39. The molecule has 2 aromatic rings. The monoisotopic (exact) mass is 321 g/mol. The van der Waals surface area contributed by atoms with E-state index in [4.69, 9.17) is 11.6 Å². The van der Waals surface area contributed by atoms with E-state index in [1.54, 1.807) is 14.0 Å². The van der Waals surface area contributed by atoms with Gasteiger partial charge in [-0.15, -0.1) is 0 Å². The molecule has 0 radical (unpaired) electrons. The highest BCUT2D eigenvalue weighted by molar-refractivity contribution is 6.34. The summed E-state index contributed by atoms with van der Waals surface area (Å²) in [6, 6.07) is 0. The molecule has 0 aromatic carbocycles. The van der Waals surface area contributed by atoms with Crippen LogP contribution in [0.2, 0.25) is 5.02 Å². The second kappa shape index (κ2) is 5.06. The van der Waals surface area contributed by atoms with Crippen LogP contribution >= 0.6 is 11.6 Å². The molecular weight excluding hydrogens is 311 g/mol. The number of aromatic nitrogens is 4. The van der Waals surface area contributed by atoms with Gasteiger partial charge in [0, 0.05) is 20.3 Å². The van der Waals surface area contributed by atoms with Crippen molar-refractivity contribution >= 4 is 23.2 Å². The number of rotatable bonds is 2. The van der Waals surface area contributed by atoms with Crippen LogP contribution < -0.4 is 5.32 Å².